The molecule has 1 amide bonds. The zero-order valence-corrected chi connectivity index (χ0v) is 10.7. The third kappa shape index (κ3) is 2.27. The summed E-state index contributed by atoms with van der Waals surface area (Å²) in [5, 5.41) is 9.58. The molecule has 0 spiro atoms. The smallest absolute Gasteiger partial charge is 0.240 e. The Balaban J connectivity index is 2.43. The van der Waals surface area contributed by atoms with Crippen LogP contribution in [0.25, 0.3) is 0 Å². The van der Waals surface area contributed by atoms with Gasteiger partial charge in [0, 0.05) is 6.54 Å². The van der Waals surface area contributed by atoms with E-state index in [0.717, 1.165) is 25.8 Å². The predicted molar refractivity (Wildman–Crippen MR) is 70.3 cm³/mol. The van der Waals surface area contributed by atoms with E-state index >= 15 is 0 Å². The van der Waals surface area contributed by atoms with Gasteiger partial charge in [0.05, 0.1) is 16.3 Å². The van der Waals surface area contributed by atoms with Crippen molar-refractivity contribution in [2.45, 2.75) is 25.3 Å². The Kier molecular flexibility index (Phi) is 3.73. The fourth-order valence-electron chi connectivity index (χ4n) is 2.38. The summed E-state index contributed by atoms with van der Waals surface area (Å²) in [5.41, 5.74) is 6.54. The Morgan fingerprint density at radius 1 is 1.50 bits per heavy atom. The molecule has 1 atom stereocenters. The minimum absolute atomic E-state index is 0.343. The van der Waals surface area contributed by atoms with Gasteiger partial charge in [0.2, 0.25) is 5.91 Å². The van der Waals surface area contributed by atoms with Crippen LogP contribution in [0.15, 0.2) is 18.2 Å². The second-order valence-electron chi connectivity index (χ2n) is 4.35. The summed E-state index contributed by atoms with van der Waals surface area (Å²) in [6, 6.07) is 7.02. The standard InChI is InChI=1S/C13H14ClN3O/c14-10-4-3-6-11(9(10)8-15)17-7-2-1-5-12(17)13(16)18/h3-4,6,12H,1-2,5,7H2,(H2,16,18). The van der Waals surface area contributed by atoms with E-state index in [2.05, 4.69) is 6.07 Å². The Hall–Kier alpha value is -1.73. The summed E-state index contributed by atoms with van der Waals surface area (Å²) < 4.78 is 0. The summed E-state index contributed by atoms with van der Waals surface area (Å²) in [5.74, 6) is -0.349. The van der Waals surface area contributed by atoms with Crippen LogP contribution in [0.4, 0.5) is 5.69 Å². The maximum atomic E-state index is 11.5. The lowest BCUT2D eigenvalue weighted by Gasteiger charge is -2.36. The first-order chi connectivity index (χ1) is 8.65. The van der Waals surface area contributed by atoms with Crippen molar-refractivity contribution in [3.63, 3.8) is 0 Å². The molecule has 0 bridgehead atoms. The molecule has 4 nitrogen and oxygen atoms in total. The molecule has 0 aromatic heterocycles. The van der Waals surface area contributed by atoms with E-state index < -0.39 is 0 Å². The lowest BCUT2D eigenvalue weighted by molar-refractivity contribution is -0.119. The van der Waals surface area contributed by atoms with Gasteiger partial charge in [0.15, 0.2) is 0 Å². The van der Waals surface area contributed by atoms with Crippen LogP contribution in [0.1, 0.15) is 24.8 Å². The second-order valence-corrected chi connectivity index (χ2v) is 4.76. The molecule has 1 heterocycles. The van der Waals surface area contributed by atoms with E-state index in [0.29, 0.717) is 16.3 Å². The van der Waals surface area contributed by atoms with Gasteiger partial charge in [-0.05, 0) is 31.4 Å². The normalized spacial score (nSPS) is 19.3. The molecule has 1 aromatic carbocycles. The molecule has 94 valence electrons. The highest BCUT2D eigenvalue weighted by Gasteiger charge is 2.28. The third-order valence-electron chi connectivity index (χ3n) is 3.24. The van der Waals surface area contributed by atoms with E-state index in [1.165, 1.54) is 0 Å². The van der Waals surface area contributed by atoms with Gasteiger partial charge in [-0.25, -0.2) is 0 Å². The SMILES string of the molecule is N#Cc1c(Cl)cccc1N1CCCCC1C(N)=O. The van der Waals surface area contributed by atoms with Gasteiger partial charge in [-0.1, -0.05) is 17.7 Å². The minimum Gasteiger partial charge on any atom is -0.368 e. The molecule has 18 heavy (non-hydrogen) atoms. The van der Waals surface area contributed by atoms with Crippen molar-refractivity contribution in [1.82, 2.24) is 0 Å². The van der Waals surface area contributed by atoms with E-state index in [1.54, 1.807) is 12.1 Å². The van der Waals surface area contributed by atoms with E-state index in [9.17, 15) is 10.1 Å². The highest BCUT2D eigenvalue weighted by molar-refractivity contribution is 6.32. The van der Waals surface area contributed by atoms with Gasteiger partial charge in [-0.15, -0.1) is 0 Å². The Bertz CT molecular complexity index is 509. The number of nitriles is 1. The Labute approximate surface area is 111 Å². The van der Waals surface area contributed by atoms with Gasteiger partial charge >= 0.3 is 0 Å². The van der Waals surface area contributed by atoms with Gasteiger partial charge in [-0.2, -0.15) is 5.26 Å². The number of hydrogen-bond donors (Lipinski definition) is 1. The van der Waals surface area contributed by atoms with E-state index in [4.69, 9.17) is 17.3 Å². The number of nitrogens with two attached hydrogens (primary N) is 1. The maximum absolute atomic E-state index is 11.5. The van der Waals surface area contributed by atoms with Crippen molar-refractivity contribution < 1.29 is 4.79 Å². The number of nitrogens with zero attached hydrogens (tertiary/aromatic N) is 2. The molecule has 0 saturated carbocycles. The van der Waals surface area contributed by atoms with Crippen molar-refractivity contribution in [2.75, 3.05) is 11.4 Å². The van der Waals surface area contributed by atoms with Crippen LogP contribution in [0.5, 0.6) is 0 Å². The van der Waals surface area contributed by atoms with Crippen LogP contribution in [-0.2, 0) is 4.79 Å². The number of halogens is 1. The van der Waals surface area contributed by atoms with Crippen molar-refractivity contribution in [1.29, 1.82) is 5.26 Å². The topological polar surface area (TPSA) is 70.1 Å². The fourth-order valence-corrected chi connectivity index (χ4v) is 2.59. The van der Waals surface area contributed by atoms with E-state index in [1.807, 2.05) is 11.0 Å². The number of hydrogen-bond acceptors (Lipinski definition) is 3. The fraction of sp³-hybridized carbons (Fsp3) is 0.385. The molecule has 5 heteroatoms. The zero-order valence-electron chi connectivity index (χ0n) is 9.90. The summed E-state index contributed by atoms with van der Waals surface area (Å²) >= 11 is 6.01. The molecule has 1 saturated heterocycles. The number of rotatable bonds is 2. The molecule has 2 rings (SSSR count). The van der Waals surface area contributed by atoms with Crippen LogP contribution in [0, 0.1) is 11.3 Å². The summed E-state index contributed by atoms with van der Waals surface area (Å²) in [7, 11) is 0. The third-order valence-corrected chi connectivity index (χ3v) is 3.56. The monoisotopic (exact) mass is 263 g/mol. The number of primary amides is 1. The summed E-state index contributed by atoms with van der Waals surface area (Å²) in [6.07, 6.45) is 2.69. The van der Waals surface area contributed by atoms with Gasteiger partial charge in [0.25, 0.3) is 0 Å². The first-order valence-electron chi connectivity index (χ1n) is 5.89. The molecule has 1 unspecified atom stereocenters. The molecular formula is C13H14ClN3O. The van der Waals surface area contributed by atoms with Gasteiger partial charge in [-0.3, -0.25) is 4.79 Å². The van der Waals surface area contributed by atoms with Gasteiger partial charge in [0.1, 0.15) is 12.1 Å². The van der Waals surface area contributed by atoms with Crippen molar-refractivity contribution >= 4 is 23.2 Å². The van der Waals surface area contributed by atoms with Crippen LogP contribution in [0.3, 0.4) is 0 Å². The quantitative estimate of drug-likeness (QED) is 0.888. The maximum Gasteiger partial charge on any atom is 0.240 e. The number of carbonyl (C=O) groups is 1. The Morgan fingerprint density at radius 2 is 2.28 bits per heavy atom. The molecule has 1 fully saturated rings. The average molecular weight is 264 g/mol. The van der Waals surface area contributed by atoms with Crippen LogP contribution < -0.4 is 10.6 Å². The van der Waals surface area contributed by atoms with Crippen LogP contribution in [0.2, 0.25) is 5.02 Å². The highest BCUT2D eigenvalue weighted by Crippen LogP contribution is 2.31. The van der Waals surface area contributed by atoms with Crippen molar-refractivity contribution in [3.05, 3.63) is 28.8 Å². The molecule has 1 aromatic rings. The molecular weight excluding hydrogens is 250 g/mol. The lowest BCUT2D eigenvalue weighted by Crippen LogP contribution is -2.48. The number of carbonyl (C=O) groups excluding carboxylic acids is 1. The first-order valence-corrected chi connectivity index (χ1v) is 6.27. The number of amides is 1. The second kappa shape index (κ2) is 5.28. The molecule has 0 aliphatic carbocycles. The lowest BCUT2D eigenvalue weighted by atomic mass is 9.99. The predicted octanol–water partition coefficient (Wildman–Crippen LogP) is 2.06. The van der Waals surface area contributed by atoms with Gasteiger partial charge < -0.3 is 10.6 Å². The summed E-state index contributed by atoms with van der Waals surface area (Å²) in [4.78, 5) is 13.4. The average Bonchev–Trinajstić information content (AvgIpc) is 2.38. The van der Waals surface area contributed by atoms with Crippen molar-refractivity contribution in [3.8, 4) is 6.07 Å². The molecule has 0 radical (unpaired) electrons. The number of anilines is 1. The molecule has 2 N–H and O–H groups in total. The Morgan fingerprint density at radius 3 is 2.94 bits per heavy atom. The highest BCUT2D eigenvalue weighted by atomic mass is 35.5. The minimum atomic E-state index is -0.349. The van der Waals surface area contributed by atoms with Crippen LogP contribution in [-0.4, -0.2) is 18.5 Å². The summed E-state index contributed by atoms with van der Waals surface area (Å²) in [6.45, 7) is 0.725. The first kappa shape index (κ1) is 12.7. The van der Waals surface area contributed by atoms with Crippen molar-refractivity contribution in [2.24, 2.45) is 5.73 Å². The van der Waals surface area contributed by atoms with E-state index in [-0.39, 0.29) is 11.9 Å². The number of piperidine rings is 1. The zero-order chi connectivity index (χ0) is 13.1. The number of benzene rings is 1. The largest absolute Gasteiger partial charge is 0.368 e. The molecule has 1 aliphatic heterocycles. The molecule has 1 aliphatic rings. The van der Waals surface area contributed by atoms with Crippen LogP contribution >= 0.6 is 11.6 Å².